The van der Waals surface area contributed by atoms with Gasteiger partial charge < -0.3 is 48.5 Å². The van der Waals surface area contributed by atoms with Crippen LogP contribution in [0.25, 0.3) is 0 Å². The van der Waals surface area contributed by atoms with Crippen LogP contribution >= 0.6 is 11.8 Å². The molecule has 57 heavy (non-hydrogen) atoms. The Morgan fingerprint density at radius 3 is 1.88 bits per heavy atom. The zero-order chi connectivity index (χ0) is 43.0. The van der Waals surface area contributed by atoms with E-state index < -0.39 is 113 Å². The van der Waals surface area contributed by atoms with Crippen LogP contribution in [0.3, 0.4) is 0 Å². The minimum Gasteiger partial charge on any atom is -0.481 e. The summed E-state index contributed by atoms with van der Waals surface area (Å²) in [6.45, 7) is 10.8. The monoisotopic (exact) mass is 818 g/mol. The van der Waals surface area contributed by atoms with Crippen molar-refractivity contribution in [3.63, 3.8) is 0 Å². The van der Waals surface area contributed by atoms with Gasteiger partial charge in [0, 0.05) is 12.2 Å². The number of benzene rings is 1. The zero-order valence-corrected chi connectivity index (χ0v) is 34.1. The smallest absolute Gasteiger partial charge is 0.305 e. The highest BCUT2D eigenvalue weighted by molar-refractivity contribution is 8.13. The molecule has 8 atom stereocenters. The average molecular weight is 819 g/mol. The van der Waals surface area contributed by atoms with Gasteiger partial charge >= 0.3 is 5.97 Å². The standard InChI is InChI=1S/C38H58N8O10S/c1-7-21(6)31(40)37(55)44-25(16-29(39)47)34(52)46-28-18-57-38(56)27(14-20(4)5)45-32(50)23(13-19(2)3)41-33(51)24(15-22-11-9-8-10-12-22)42-35(53)26(17-30(48)49)43-36(28)54/h8-12,19-21,23-28,31H,7,13-18,40H2,1-6H3,(H2,39,47)(H,41,51)(H,42,53)(H,43,54)(H,44,55)(H,45,50)(H,46,52)(H,48,49)/t21-,23-,24+,25-,26-,27-,28-,31-/m0/s1. The molecule has 1 fully saturated rings. The van der Waals surface area contributed by atoms with Gasteiger partial charge in [0.05, 0.1) is 24.9 Å². The second-order valence-corrected chi connectivity index (χ2v) is 16.1. The van der Waals surface area contributed by atoms with Gasteiger partial charge in [-0.25, -0.2) is 0 Å². The van der Waals surface area contributed by atoms with Crippen LogP contribution in [0.15, 0.2) is 30.3 Å². The van der Waals surface area contributed by atoms with Crippen LogP contribution in [0.2, 0.25) is 0 Å². The summed E-state index contributed by atoms with van der Waals surface area (Å²) in [6, 6.07) is -1.17. The van der Waals surface area contributed by atoms with Crippen molar-refractivity contribution in [1.82, 2.24) is 31.9 Å². The molecule has 0 unspecified atom stereocenters. The van der Waals surface area contributed by atoms with Crippen molar-refractivity contribution >= 4 is 64.2 Å². The molecule has 1 saturated heterocycles. The van der Waals surface area contributed by atoms with Crippen molar-refractivity contribution in [2.75, 3.05) is 5.75 Å². The Balaban J connectivity index is 2.65. The number of hydrogen-bond acceptors (Lipinski definition) is 11. The van der Waals surface area contributed by atoms with Crippen LogP contribution in [0.1, 0.15) is 79.2 Å². The Bertz CT molecular complexity index is 1610. The quantitative estimate of drug-likeness (QED) is 0.0994. The topological polar surface area (TPSA) is 298 Å². The van der Waals surface area contributed by atoms with Gasteiger partial charge in [0.25, 0.3) is 0 Å². The molecule has 11 N–H and O–H groups in total. The van der Waals surface area contributed by atoms with Crippen LogP contribution in [0, 0.1) is 17.8 Å². The number of amides is 7. The fourth-order valence-corrected chi connectivity index (χ4v) is 6.75. The SMILES string of the molecule is CC[C@H](C)[C@H](N)C(=O)N[C@@H](CC(N)=O)C(=O)N[C@H]1CSC(=O)[C@H](CC(C)C)NC(=O)[C@H](CC(C)C)NC(=O)[C@@H](Cc2ccccc2)NC(=O)[C@H](CC(=O)O)NC1=O. The second kappa shape index (κ2) is 23.3. The number of hydrogen-bond donors (Lipinski definition) is 9. The first-order valence-corrected chi connectivity index (χ1v) is 20.0. The van der Waals surface area contributed by atoms with Crippen molar-refractivity contribution in [3.05, 3.63) is 35.9 Å². The molecule has 19 heteroatoms. The van der Waals surface area contributed by atoms with Gasteiger partial charge in [-0.15, -0.1) is 0 Å². The van der Waals surface area contributed by atoms with Crippen molar-refractivity contribution in [3.8, 4) is 0 Å². The zero-order valence-electron chi connectivity index (χ0n) is 33.3. The van der Waals surface area contributed by atoms with Crippen LogP contribution in [0.5, 0.6) is 0 Å². The number of rotatable bonds is 16. The van der Waals surface area contributed by atoms with E-state index in [0.717, 1.165) is 0 Å². The molecule has 0 saturated carbocycles. The van der Waals surface area contributed by atoms with Crippen molar-refractivity contribution in [2.24, 2.45) is 29.2 Å². The third-order valence-corrected chi connectivity index (χ3v) is 10.3. The van der Waals surface area contributed by atoms with E-state index in [2.05, 4.69) is 31.9 Å². The molecule has 1 aliphatic rings. The van der Waals surface area contributed by atoms with E-state index in [1.807, 2.05) is 27.7 Å². The molecule has 0 aliphatic carbocycles. The Morgan fingerprint density at radius 1 is 0.789 bits per heavy atom. The van der Waals surface area contributed by atoms with Crippen molar-refractivity contribution < 1.29 is 48.3 Å². The summed E-state index contributed by atoms with van der Waals surface area (Å²) < 4.78 is 0. The molecule has 1 aromatic carbocycles. The number of carbonyl (C=O) groups is 9. The molecule has 1 aliphatic heterocycles. The lowest BCUT2D eigenvalue weighted by atomic mass is 9.99. The molecule has 0 spiro atoms. The van der Waals surface area contributed by atoms with E-state index in [-0.39, 0.29) is 37.0 Å². The number of nitrogens with one attached hydrogen (secondary N) is 6. The van der Waals surface area contributed by atoms with Gasteiger partial charge in [0.15, 0.2) is 0 Å². The Labute approximate surface area is 336 Å². The van der Waals surface area contributed by atoms with Gasteiger partial charge in [-0.2, -0.15) is 0 Å². The molecule has 18 nitrogen and oxygen atoms in total. The van der Waals surface area contributed by atoms with Gasteiger partial charge in [0.2, 0.25) is 46.5 Å². The summed E-state index contributed by atoms with van der Waals surface area (Å²) in [7, 11) is 0. The molecule has 0 bridgehead atoms. The number of carbonyl (C=O) groups excluding carboxylic acids is 8. The van der Waals surface area contributed by atoms with E-state index in [1.54, 1.807) is 44.2 Å². The number of nitrogens with two attached hydrogens (primary N) is 2. The van der Waals surface area contributed by atoms with Crippen molar-refractivity contribution in [1.29, 1.82) is 0 Å². The Kier molecular flexibility index (Phi) is 19.6. The maximum Gasteiger partial charge on any atom is 0.305 e. The third-order valence-electron chi connectivity index (χ3n) is 9.20. The van der Waals surface area contributed by atoms with E-state index in [0.29, 0.717) is 23.7 Å². The summed E-state index contributed by atoms with van der Waals surface area (Å²) >= 11 is 0.570. The molecular weight excluding hydrogens is 761 g/mol. The van der Waals surface area contributed by atoms with Crippen molar-refractivity contribution in [2.45, 2.75) is 122 Å². The number of carboxylic acid groups (broad SMARTS) is 1. The minimum atomic E-state index is -1.80. The Morgan fingerprint density at radius 2 is 1.32 bits per heavy atom. The Hall–Kier alpha value is -5.04. The van der Waals surface area contributed by atoms with Gasteiger partial charge in [-0.1, -0.05) is 90.1 Å². The largest absolute Gasteiger partial charge is 0.481 e. The molecule has 0 radical (unpaired) electrons. The maximum absolute atomic E-state index is 13.9. The summed E-state index contributed by atoms with van der Waals surface area (Å²) in [4.78, 5) is 120. The lowest BCUT2D eigenvalue weighted by Gasteiger charge is -2.29. The maximum atomic E-state index is 13.9. The van der Waals surface area contributed by atoms with Gasteiger partial charge in [0.1, 0.15) is 30.2 Å². The molecule has 1 aromatic rings. The minimum absolute atomic E-state index is 0.0837. The number of thioether (sulfide) groups is 1. The fraction of sp³-hybridized carbons (Fsp3) is 0.605. The second-order valence-electron chi connectivity index (χ2n) is 15.1. The van der Waals surface area contributed by atoms with Crippen LogP contribution in [0.4, 0.5) is 0 Å². The summed E-state index contributed by atoms with van der Waals surface area (Å²) in [5, 5.41) is 24.2. The van der Waals surface area contributed by atoms with Crippen LogP contribution in [-0.2, 0) is 49.6 Å². The summed E-state index contributed by atoms with van der Waals surface area (Å²) in [5.41, 5.74) is 12.0. The molecule has 7 amide bonds. The summed E-state index contributed by atoms with van der Waals surface area (Å²) in [6.07, 6.45) is -0.878. The lowest BCUT2D eigenvalue weighted by Crippen LogP contribution is -2.61. The van der Waals surface area contributed by atoms with Gasteiger partial charge in [-0.3, -0.25) is 43.2 Å². The number of primary amides is 1. The predicted octanol–water partition coefficient (Wildman–Crippen LogP) is -0.773. The molecule has 0 aromatic heterocycles. The van der Waals surface area contributed by atoms with Gasteiger partial charge in [-0.05, 0) is 36.2 Å². The third kappa shape index (κ3) is 16.5. The molecule has 316 valence electrons. The normalized spacial score (nSPS) is 23.0. The first-order valence-electron chi connectivity index (χ1n) is 19.0. The molecular formula is C38H58N8O10S. The predicted molar refractivity (Wildman–Crippen MR) is 212 cm³/mol. The van der Waals surface area contributed by atoms with Crippen LogP contribution < -0.4 is 43.4 Å². The lowest BCUT2D eigenvalue weighted by molar-refractivity contribution is -0.141. The van der Waals surface area contributed by atoms with Crippen LogP contribution in [-0.4, -0.2) is 106 Å². The van der Waals surface area contributed by atoms with E-state index in [4.69, 9.17) is 11.5 Å². The highest BCUT2D eigenvalue weighted by Crippen LogP contribution is 2.17. The first-order chi connectivity index (χ1) is 26.7. The number of carboxylic acids is 1. The highest BCUT2D eigenvalue weighted by Gasteiger charge is 2.37. The van der Waals surface area contributed by atoms with E-state index in [1.165, 1.54) is 0 Å². The average Bonchev–Trinajstić information content (AvgIpc) is 3.13. The summed E-state index contributed by atoms with van der Waals surface area (Å²) in [5.74, 6) is -8.93. The van der Waals surface area contributed by atoms with E-state index >= 15 is 0 Å². The first kappa shape index (κ1) is 48.1. The van der Waals surface area contributed by atoms with E-state index in [9.17, 15) is 48.3 Å². The fourth-order valence-electron chi connectivity index (χ4n) is 5.83. The molecule has 2 rings (SSSR count). The highest BCUT2D eigenvalue weighted by atomic mass is 32.2. The number of aliphatic carboxylic acids is 1. The molecule has 1 heterocycles.